The Morgan fingerprint density at radius 3 is 2.27 bits per heavy atom. The maximum absolute atomic E-state index is 13.6. The van der Waals surface area contributed by atoms with Crippen LogP contribution in [0.3, 0.4) is 0 Å². The Balaban J connectivity index is 1.66. The first-order valence-electron chi connectivity index (χ1n) is 7.56. The average Bonchev–Trinajstić information content (AvgIpc) is 2.65. The Bertz CT molecular complexity index is 915. The van der Waals surface area contributed by atoms with Gasteiger partial charge < -0.3 is 15.4 Å². The third-order valence-electron chi connectivity index (χ3n) is 3.45. The van der Waals surface area contributed by atoms with Crippen molar-refractivity contribution in [1.82, 2.24) is 10.2 Å². The fourth-order valence-electron chi connectivity index (χ4n) is 2.13. The van der Waals surface area contributed by atoms with E-state index in [1.165, 1.54) is 25.3 Å². The predicted molar refractivity (Wildman–Crippen MR) is 92.6 cm³/mol. The largest absolute Gasteiger partial charge is 0.497 e. The van der Waals surface area contributed by atoms with Gasteiger partial charge in [0.15, 0.2) is 11.6 Å². The van der Waals surface area contributed by atoms with Crippen molar-refractivity contribution in [3.05, 3.63) is 71.8 Å². The third kappa shape index (κ3) is 4.10. The van der Waals surface area contributed by atoms with Crippen LogP contribution in [0.1, 0.15) is 10.4 Å². The molecule has 1 heterocycles. The average molecular weight is 356 g/mol. The zero-order valence-corrected chi connectivity index (χ0v) is 13.7. The van der Waals surface area contributed by atoms with Crippen LogP contribution in [0.15, 0.2) is 54.6 Å². The summed E-state index contributed by atoms with van der Waals surface area (Å²) in [6.07, 6.45) is 0. The molecular formula is C18H14F2N4O2. The number of carbonyl (C=O) groups excluding carboxylic acids is 1. The van der Waals surface area contributed by atoms with Crippen LogP contribution in [0.4, 0.5) is 26.1 Å². The van der Waals surface area contributed by atoms with Crippen LogP contribution in [0.25, 0.3) is 0 Å². The van der Waals surface area contributed by atoms with E-state index < -0.39 is 11.6 Å². The summed E-state index contributed by atoms with van der Waals surface area (Å²) in [7, 11) is 1.54. The quantitative estimate of drug-likeness (QED) is 0.728. The van der Waals surface area contributed by atoms with E-state index in [9.17, 15) is 13.6 Å². The first kappa shape index (κ1) is 17.3. The minimum Gasteiger partial charge on any atom is -0.497 e. The van der Waals surface area contributed by atoms with Gasteiger partial charge in [-0.05, 0) is 48.5 Å². The molecule has 26 heavy (non-hydrogen) atoms. The number of rotatable bonds is 5. The van der Waals surface area contributed by atoms with E-state index in [0.717, 1.165) is 12.1 Å². The molecule has 1 aromatic heterocycles. The van der Waals surface area contributed by atoms with E-state index in [1.54, 1.807) is 24.3 Å². The number of nitrogens with zero attached hydrogens (tertiary/aromatic N) is 2. The first-order chi connectivity index (χ1) is 12.5. The normalized spacial score (nSPS) is 10.3. The second-order valence-electron chi connectivity index (χ2n) is 5.24. The Morgan fingerprint density at radius 1 is 0.962 bits per heavy atom. The summed E-state index contributed by atoms with van der Waals surface area (Å²) in [5, 5.41) is 13.0. The minimum atomic E-state index is -0.747. The fraction of sp³-hybridized carbons (Fsp3) is 0.0556. The molecule has 0 spiro atoms. The Hall–Kier alpha value is -3.55. The van der Waals surface area contributed by atoms with Gasteiger partial charge in [0.05, 0.1) is 12.8 Å². The monoisotopic (exact) mass is 356 g/mol. The van der Waals surface area contributed by atoms with Gasteiger partial charge >= 0.3 is 0 Å². The van der Waals surface area contributed by atoms with Crippen molar-refractivity contribution in [2.24, 2.45) is 0 Å². The number of anilines is 3. The number of hydrogen-bond acceptors (Lipinski definition) is 5. The molecular weight excluding hydrogens is 342 g/mol. The molecule has 3 aromatic rings. The first-order valence-corrected chi connectivity index (χ1v) is 7.56. The lowest BCUT2D eigenvalue weighted by molar-refractivity contribution is 0.102. The molecule has 6 nitrogen and oxygen atoms in total. The molecule has 132 valence electrons. The predicted octanol–water partition coefficient (Wildman–Crippen LogP) is 3.76. The summed E-state index contributed by atoms with van der Waals surface area (Å²) in [6.45, 7) is 0. The van der Waals surface area contributed by atoms with Crippen molar-refractivity contribution in [2.75, 3.05) is 17.7 Å². The number of carbonyl (C=O) groups is 1. The van der Waals surface area contributed by atoms with Gasteiger partial charge in [-0.3, -0.25) is 4.79 Å². The molecule has 0 aliphatic heterocycles. The maximum Gasteiger partial charge on any atom is 0.256 e. The molecule has 0 aliphatic carbocycles. The summed E-state index contributed by atoms with van der Waals surface area (Å²) in [5.74, 6) is -0.648. The highest BCUT2D eigenvalue weighted by atomic mass is 19.1. The molecule has 0 saturated heterocycles. The van der Waals surface area contributed by atoms with Gasteiger partial charge in [-0.15, -0.1) is 10.2 Å². The van der Waals surface area contributed by atoms with Crippen molar-refractivity contribution in [3.63, 3.8) is 0 Å². The van der Waals surface area contributed by atoms with Crippen LogP contribution in [-0.2, 0) is 0 Å². The maximum atomic E-state index is 13.6. The molecule has 1 amide bonds. The number of aromatic nitrogens is 2. The highest BCUT2D eigenvalue weighted by Crippen LogP contribution is 2.19. The lowest BCUT2D eigenvalue weighted by Gasteiger charge is -2.08. The summed E-state index contributed by atoms with van der Waals surface area (Å²) in [6, 6.07) is 12.8. The van der Waals surface area contributed by atoms with Crippen molar-refractivity contribution < 1.29 is 18.3 Å². The van der Waals surface area contributed by atoms with Crippen LogP contribution in [0, 0.1) is 11.6 Å². The SMILES string of the molecule is COc1ccc(C(=O)Nc2ccc(Nc3ccc(F)cc3F)nn2)cc1. The van der Waals surface area contributed by atoms with Gasteiger partial charge in [0.1, 0.15) is 17.4 Å². The number of amides is 1. The van der Waals surface area contributed by atoms with E-state index in [0.29, 0.717) is 11.3 Å². The Morgan fingerprint density at radius 2 is 1.65 bits per heavy atom. The molecule has 0 atom stereocenters. The third-order valence-corrected chi connectivity index (χ3v) is 3.45. The van der Waals surface area contributed by atoms with Crippen LogP contribution < -0.4 is 15.4 Å². The fourth-order valence-corrected chi connectivity index (χ4v) is 2.13. The Labute approximate surface area is 147 Å². The highest BCUT2D eigenvalue weighted by molar-refractivity contribution is 6.03. The second-order valence-corrected chi connectivity index (χ2v) is 5.24. The second kappa shape index (κ2) is 7.56. The summed E-state index contributed by atoms with van der Waals surface area (Å²) in [5.41, 5.74) is 0.499. The summed E-state index contributed by atoms with van der Waals surface area (Å²) in [4.78, 5) is 12.1. The van der Waals surface area contributed by atoms with Crippen molar-refractivity contribution >= 4 is 23.2 Å². The zero-order valence-electron chi connectivity index (χ0n) is 13.7. The van der Waals surface area contributed by atoms with Crippen LogP contribution in [-0.4, -0.2) is 23.2 Å². The molecule has 0 bridgehead atoms. The van der Waals surface area contributed by atoms with E-state index in [-0.39, 0.29) is 23.2 Å². The number of ether oxygens (including phenoxy) is 1. The van der Waals surface area contributed by atoms with Crippen molar-refractivity contribution in [1.29, 1.82) is 0 Å². The van der Waals surface area contributed by atoms with E-state index in [1.807, 2.05) is 0 Å². The number of halogens is 2. The van der Waals surface area contributed by atoms with Gasteiger partial charge in [0.25, 0.3) is 5.91 Å². The number of methoxy groups -OCH3 is 1. The van der Waals surface area contributed by atoms with Gasteiger partial charge in [-0.2, -0.15) is 0 Å². The minimum absolute atomic E-state index is 0.0655. The number of hydrogen-bond donors (Lipinski definition) is 2. The van der Waals surface area contributed by atoms with Crippen LogP contribution in [0.5, 0.6) is 5.75 Å². The standard InChI is InChI=1S/C18H14F2N4O2/c1-26-13-5-2-11(3-6-13)18(25)22-17-9-8-16(23-24-17)21-15-7-4-12(19)10-14(15)20/h2-10H,1H3,(H,21,23)(H,22,24,25). The van der Waals surface area contributed by atoms with Gasteiger partial charge in [-0.1, -0.05) is 0 Å². The van der Waals surface area contributed by atoms with E-state index >= 15 is 0 Å². The summed E-state index contributed by atoms with van der Waals surface area (Å²) < 4.78 is 31.5. The lowest BCUT2D eigenvalue weighted by atomic mass is 10.2. The molecule has 0 fully saturated rings. The van der Waals surface area contributed by atoms with Gasteiger partial charge in [-0.25, -0.2) is 8.78 Å². The molecule has 2 aromatic carbocycles. The number of benzene rings is 2. The summed E-state index contributed by atoms with van der Waals surface area (Å²) >= 11 is 0. The van der Waals surface area contributed by atoms with Gasteiger partial charge in [0, 0.05) is 11.6 Å². The molecule has 0 radical (unpaired) electrons. The van der Waals surface area contributed by atoms with E-state index in [4.69, 9.17) is 4.74 Å². The van der Waals surface area contributed by atoms with Crippen LogP contribution >= 0.6 is 0 Å². The molecule has 0 unspecified atom stereocenters. The molecule has 3 rings (SSSR count). The molecule has 2 N–H and O–H groups in total. The smallest absolute Gasteiger partial charge is 0.256 e. The van der Waals surface area contributed by atoms with E-state index in [2.05, 4.69) is 20.8 Å². The Kier molecular flexibility index (Phi) is 5.02. The van der Waals surface area contributed by atoms with Crippen LogP contribution in [0.2, 0.25) is 0 Å². The van der Waals surface area contributed by atoms with Crippen molar-refractivity contribution in [3.8, 4) is 5.75 Å². The molecule has 0 aliphatic rings. The van der Waals surface area contributed by atoms with Gasteiger partial charge in [0.2, 0.25) is 0 Å². The van der Waals surface area contributed by atoms with Crippen molar-refractivity contribution in [2.45, 2.75) is 0 Å². The number of nitrogens with one attached hydrogen (secondary N) is 2. The highest BCUT2D eigenvalue weighted by Gasteiger charge is 2.09. The lowest BCUT2D eigenvalue weighted by Crippen LogP contribution is -2.13. The zero-order chi connectivity index (χ0) is 18.5. The molecule has 0 saturated carbocycles. The topological polar surface area (TPSA) is 76.1 Å². The molecule has 8 heteroatoms.